The van der Waals surface area contributed by atoms with Crippen molar-refractivity contribution in [3.8, 4) is 0 Å². The lowest BCUT2D eigenvalue weighted by molar-refractivity contribution is -0.162. The van der Waals surface area contributed by atoms with Crippen molar-refractivity contribution in [2.45, 2.75) is 96.7 Å². The Kier molecular flexibility index (Phi) is 10.7. The molecule has 1 aliphatic heterocycles. The molecule has 38 heavy (non-hydrogen) atoms. The molecule has 1 heterocycles. The Hall–Kier alpha value is -2.90. The SMILES string of the molecule is CCC[C@H](C(C)O)[C@H](Cc1ccccc1)N1CC(NC(=O)OCc2ccccc2)CC1C(=O)OC(C)(C)C. The molecule has 0 aliphatic carbocycles. The molecule has 2 aromatic rings. The van der Waals surface area contributed by atoms with Crippen LogP contribution in [0.4, 0.5) is 4.79 Å². The summed E-state index contributed by atoms with van der Waals surface area (Å²) >= 11 is 0. The molecule has 208 valence electrons. The minimum absolute atomic E-state index is 0.0473. The third kappa shape index (κ3) is 8.84. The van der Waals surface area contributed by atoms with E-state index in [0.29, 0.717) is 19.4 Å². The van der Waals surface area contributed by atoms with E-state index in [9.17, 15) is 14.7 Å². The van der Waals surface area contributed by atoms with Gasteiger partial charge in [-0.2, -0.15) is 0 Å². The number of esters is 1. The van der Waals surface area contributed by atoms with Gasteiger partial charge in [-0.25, -0.2) is 4.79 Å². The van der Waals surface area contributed by atoms with Gasteiger partial charge in [0.25, 0.3) is 0 Å². The highest BCUT2D eigenvalue weighted by Gasteiger charge is 2.45. The number of rotatable bonds is 11. The molecule has 1 fully saturated rings. The van der Waals surface area contributed by atoms with Crippen molar-refractivity contribution in [2.75, 3.05) is 6.54 Å². The van der Waals surface area contributed by atoms with Crippen molar-refractivity contribution >= 4 is 12.1 Å². The van der Waals surface area contributed by atoms with Crippen LogP contribution >= 0.6 is 0 Å². The predicted octanol–water partition coefficient (Wildman–Crippen LogP) is 5.11. The lowest BCUT2D eigenvalue weighted by Crippen LogP contribution is -2.51. The third-order valence-electron chi connectivity index (χ3n) is 7.00. The van der Waals surface area contributed by atoms with Gasteiger partial charge in [0.1, 0.15) is 18.2 Å². The van der Waals surface area contributed by atoms with Crippen LogP contribution in [0.5, 0.6) is 0 Å². The van der Waals surface area contributed by atoms with Gasteiger partial charge in [0.15, 0.2) is 0 Å². The molecule has 2 N–H and O–H groups in total. The molecular weight excluding hydrogens is 480 g/mol. The molecule has 7 nitrogen and oxygen atoms in total. The van der Waals surface area contributed by atoms with Crippen LogP contribution < -0.4 is 5.32 Å². The van der Waals surface area contributed by atoms with Gasteiger partial charge in [0.2, 0.25) is 0 Å². The number of benzene rings is 2. The summed E-state index contributed by atoms with van der Waals surface area (Å²) in [5, 5.41) is 13.8. The van der Waals surface area contributed by atoms with E-state index >= 15 is 0 Å². The summed E-state index contributed by atoms with van der Waals surface area (Å²) in [6.45, 7) is 10.2. The van der Waals surface area contributed by atoms with Crippen molar-refractivity contribution in [1.82, 2.24) is 10.2 Å². The van der Waals surface area contributed by atoms with Crippen molar-refractivity contribution in [2.24, 2.45) is 5.92 Å². The van der Waals surface area contributed by atoms with E-state index in [1.807, 2.05) is 76.2 Å². The van der Waals surface area contributed by atoms with E-state index < -0.39 is 23.8 Å². The Morgan fingerprint density at radius 2 is 1.66 bits per heavy atom. The zero-order valence-corrected chi connectivity index (χ0v) is 23.4. The first-order valence-corrected chi connectivity index (χ1v) is 13.7. The van der Waals surface area contributed by atoms with E-state index in [2.05, 4.69) is 29.3 Å². The number of carbonyl (C=O) groups excluding carboxylic acids is 2. The number of carbonyl (C=O) groups is 2. The van der Waals surface area contributed by atoms with Gasteiger partial charge >= 0.3 is 12.1 Å². The number of ether oxygens (including phenoxy) is 2. The van der Waals surface area contributed by atoms with E-state index in [4.69, 9.17) is 9.47 Å². The molecule has 0 aromatic heterocycles. The minimum atomic E-state index is -0.634. The van der Waals surface area contributed by atoms with Crippen molar-refractivity contribution in [3.05, 3.63) is 71.8 Å². The normalized spacial score (nSPS) is 20.4. The standard InChI is InChI=1S/C31H44N2O5/c1-6-13-26(22(2)34)27(18-23-14-9-7-10-15-23)33-20-25(19-28(33)29(35)38-31(3,4)5)32-30(36)37-21-24-16-11-8-12-17-24/h7-12,14-17,22,25-28,34H,6,13,18-21H2,1-5H3,(H,32,36)/t22?,25?,26-,27+,28?/m1/s1. The Bertz CT molecular complexity index is 1010. The van der Waals surface area contributed by atoms with Crippen molar-refractivity contribution < 1.29 is 24.2 Å². The zero-order valence-electron chi connectivity index (χ0n) is 23.4. The average Bonchev–Trinajstić information content (AvgIpc) is 3.28. The lowest BCUT2D eigenvalue weighted by Gasteiger charge is -2.39. The van der Waals surface area contributed by atoms with E-state index in [0.717, 1.165) is 24.0 Å². The maximum atomic E-state index is 13.5. The number of hydrogen-bond donors (Lipinski definition) is 2. The van der Waals surface area contributed by atoms with Crippen LogP contribution in [0.25, 0.3) is 0 Å². The molecule has 3 rings (SSSR count). The van der Waals surface area contributed by atoms with Crippen LogP contribution in [-0.2, 0) is 27.3 Å². The fourth-order valence-corrected chi connectivity index (χ4v) is 5.32. The Balaban J connectivity index is 1.83. The summed E-state index contributed by atoms with van der Waals surface area (Å²) in [5.41, 5.74) is 1.41. The van der Waals surface area contributed by atoms with Crippen LogP contribution in [0.15, 0.2) is 60.7 Å². The van der Waals surface area contributed by atoms with Gasteiger partial charge in [-0.1, -0.05) is 74.0 Å². The molecule has 0 bridgehead atoms. The Morgan fingerprint density at radius 1 is 1.05 bits per heavy atom. The van der Waals surface area contributed by atoms with Gasteiger partial charge in [-0.15, -0.1) is 0 Å². The number of aliphatic hydroxyl groups excluding tert-OH is 1. The minimum Gasteiger partial charge on any atom is -0.459 e. The molecule has 7 heteroatoms. The first-order chi connectivity index (χ1) is 18.1. The Labute approximate surface area is 227 Å². The highest BCUT2D eigenvalue weighted by Crippen LogP contribution is 2.32. The number of aliphatic hydroxyl groups is 1. The smallest absolute Gasteiger partial charge is 0.407 e. The topological polar surface area (TPSA) is 88.1 Å². The molecule has 0 saturated carbocycles. The quantitative estimate of drug-likeness (QED) is 0.398. The largest absolute Gasteiger partial charge is 0.459 e. The fourth-order valence-electron chi connectivity index (χ4n) is 5.32. The van der Waals surface area contributed by atoms with Gasteiger partial charge < -0.3 is 19.9 Å². The monoisotopic (exact) mass is 524 g/mol. The van der Waals surface area contributed by atoms with Gasteiger partial charge in [0, 0.05) is 24.5 Å². The second-order valence-electron chi connectivity index (χ2n) is 11.3. The van der Waals surface area contributed by atoms with Crippen LogP contribution in [0, 0.1) is 5.92 Å². The van der Waals surface area contributed by atoms with E-state index in [1.54, 1.807) is 0 Å². The molecule has 2 aromatic carbocycles. The van der Waals surface area contributed by atoms with Crippen molar-refractivity contribution in [1.29, 1.82) is 0 Å². The van der Waals surface area contributed by atoms with Crippen LogP contribution in [0.2, 0.25) is 0 Å². The van der Waals surface area contributed by atoms with Gasteiger partial charge in [-0.05, 0) is 58.1 Å². The van der Waals surface area contributed by atoms with Crippen LogP contribution in [0.1, 0.15) is 65.0 Å². The summed E-state index contributed by atoms with van der Waals surface area (Å²) in [7, 11) is 0. The van der Waals surface area contributed by atoms with Gasteiger partial charge in [-0.3, -0.25) is 9.69 Å². The molecule has 1 saturated heterocycles. The first kappa shape index (κ1) is 29.7. The number of hydrogen-bond acceptors (Lipinski definition) is 6. The fraction of sp³-hybridized carbons (Fsp3) is 0.548. The summed E-state index contributed by atoms with van der Waals surface area (Å²) in [6, 6.07) is 18.7. The molecule has 0 radical (unpaired) electrons. The number of amides is 1. The molecule has 0 spiro atoms. The van der Waals surface area contributed by atoms with Crippen LogP contribution in [-0.4, -0.2) is 58.4 Å². The summed E-state index contributed by atoms with van der Waals surface area (Å²) < 4.78 is 11.3. The third-order valence-corrected chi connectivity index (χ3v) is 7.00. The second kappa shape index (κ2) is 13.8. The van der Waals surface area contributed by atoms with Crippen LogP contribution in [0.3, 0.4) is 0 Å². The summed E-state index contributed by atoms with van der Waals surface area (Å²) in [5.74, 6) is -0.354. The van der Waals surface area contributed by atoms with E-state index in [1.165, 1.54) is 0 Å². The molecular formula is C31H44N2O5. The van der Waals surface area contributed by atoms with Gasteiger partial charge in [0.05, 0.1) is 6.10 Å². The Morgan fingerprint density at radius 3 is 2.21 bits per heavy atom. The average molecular weight is 525 g/mol. The predicted molar refractivity (Wildman–Crippen MR) is 149 cm³/mol. The highest BCUT2D eigenvalue weighted by atomic mass is 16.6. The zero-order chi connectivity index (χ0) is 27.7. The molecule has 3 unspecified atom stereocenters. The number of alkyl carbamates (subject to hydrolysis) is 1. The number of nitrogens with one attached hydrogen (secondary N) is 1. The number of likely N-dealkylation sites (tertiary alicyclic amines) is 1. The maximum absolute atomic E-state index is 13.5. The highest BCUT2D eigenvalue weighted by molar-refractivity contribution is 5.77. The maximum Gasteiger partial charge on any atom is 0.407 e. The summed E-state index contributed by atoms with van der Waals surface area (Å²) in [6.07, 6.45) is 1.78. The van der Waals surface area contributed by atoms with E-state index in [-0.39, 0.29) is 30.6 Å². The summed E-state index contributed by atoms with van der Waals surface area (Å²) in [4.78, 5) is 28.3. The first-order valence-electron chi connectivity index (χ1n) is 13.7. The molecule has 5 atom stereocenters. The lowest BCUT2D eigenvalue weighted by atomic mass is 9.84. The number of nitrogens with zero attached hydrogens (tertiary/aromatic N) is 1. The second-order valence-corrected chi connectivity index (χ2v) is 11.3. The molecule has 1 amide bonds. The van der Waals surface area contributed by atoms with Crippen molar-refractivity contribution in [3.63, 3.8) is 0 Å². The molecule has 1 aliphatic rings.